The molecule has 1 rings (SSSR count). The molecule has 0 aromatic heterocycles. The molecule has 0 amide bonds. The van der Waals surface area contributed by atoms with Crippen LogP contribution in [0.3, 0.4) is 0 Å². The smallest absolute Gasteiger partial charge is 0.304 e. The number of carboxylic acids is 1. The van der Waals surface area contributed by atoms with Crippen molar-refractivity contribution in [2.24, 2.45) is 0 Å². The van der Waals surface area contributed by atoms with E-state index in [0.29, 0.717) is 0 Å². The first-order valence-corrected chi connectivity index (χ1v) is 7.88. The average Bonchev–Trinajstić information content (AvgIpc) is 2.26. The molecule has 7 heteroatoms. The molecule has 20 heavy (non-hydrogen) atoms. The molecular formula is C13H18ClNO4S. The van der Waals surface area contributed by atoms with Gasteiger partial charge >= 0.3 is 5.97 Å². The van der Waals surface area contributed by atoms with Crippen LogP contribution in [0.2, 0.25) is 5.02 Å². The number of hydrogen-bond donors (Lipinski definition) is 1. The fraction of sp³-hybridized carbons (Fsp3) is 0.462. The Morgan fingerprint density at radius 1 is 1.30 bits per heavy atom. The van der Waals surface area contributed by atoms with E-state index in [1.807, 2.05) is 0 Å². The normalized spacial score (nSPS) is 12.7. The minimum Gasteiger partial charge on any atom is -0.481 e. The van der Waals surface area contributed by atoms with Gasteiger partial charge in [0, 0.05) is 12.1 Å². The van der Waals surface area contributed by atoms with Crippen LogP contribution in [0, 0.1) is 0 Å². The van der Waals surface area contributed by atoms with E-state index < -0.39 is 21.5 Å². The lowest BCUT2D eigenvalue weighted by Gasteiger charge is -2.34. The Morgan fingerprint density at radius 3 is 2.30 bits per heavy atom. The zero-order valence-electron chi connectivity index (χ0n) is 11.6. The van der Waals surface area contributed by atoms with E-state index in [9.17, 15) is 13.2 Å². The van der Waals surface area contributed by atoms with Crippen molar-refractivity contribution in [3.8, 4) is 0 Å². The molecule has 0 spiro atoms. The number of carboxylic acid groups (broad SMARTS) is 1. The fourth-order valence-corrected chi connectivity index (χ4v) is 4.07. The Balaban J connectivity index is 3.25. The van der Waals surface area contributed by atoms with Gasteiger partial charge in [0.2, 0.25) is 10.0 Å². The fourth-order valence-electron chi connectivity index (χ4n) is 1.79. The zero-order chi connectivity index (χ0) is 15.6. The molecule has 0 saturated carbocycles. The number of benzene rings is 1. The van der Waals surface area contributed by atoms with E-state index in [0.717, 1.165) is 4.31 Å². The van der Waals surface area contributed by atoms with Crippen LogP contribution in [0.25, 0.3) is 0 Å². The van der Waals surface area contributed by atoms with E-state index in [1.165, 1.54) is 12.1 Å². The second kappa shape index (κ2) is 6.11. The largest absolute Gasteiger partial charge is 0.481 e. The summed E-state index contributed by atoms with van der Waals surface area (Å²) < 4.78 is 26.5. The predicted octanol–water partition coefficient (Wildman–Crippen LogP) is 2.60. The van der Waals surface area contributed by atoms with E-state index in [2.05, 4.69) is 0 Å². The molecule has 0 aliphatic carbocycles. The number of halogens is 1. The molecule has 1 aromatic rings. The zero-order valence-corrected chi connectivity index (χ0v) is 13.2. The topological polar surface area (TPSA) is 74.7 Å². The Labute approximate surface area is 124 Å². The van der Waals surface area contributed by atoms with Crippen LogP contribution in [-0.2, 0) is 14.8 Å². The Hall–Kier alpha value is -1.11. The molecule has 5 nitrogen and oxygen atoms in total. The molecule has 0 aliphatic heterocycles. The maximum Gasteiger partial charge on any atom is 0.304 e. The van der Waals surface area contributed by atoms with Crippen molar-refractivity contribution in [2.45, 2.75) is 37.6 Å². The summed E-state index contributed by atoms with van der Waals surface area (Å²) in [5.74, 6) is -1.05. The highest BCUT2D eigenvalue weighted by Crippen LogP contribution is 2.29. The van der Waals surface area contributed by atoms with Gasteiger partial charge in [0.05, 0.1) is 11.4 Å². The highest BCUT2D eigenvalue weighted by molar-refractivity contribution is 7.89. The molecule has 0 unspecified atom stereocenters. The second-order valence-corrected chi connectivity index (χ2v) is 7.56. The third kappa shape index (κ3) is 3.94. The van der Waals surface area contributed by atoms with Gasteiger partial charge in [-0.15, -0.1) is 0 Å². The van der Waals surface area contributed by atoms with Crippen molar-refractivity contribution in [3.63, 3.8) is 0 Å². The van der Waals surface area contributed by atoms with Crippen LogP contribution in [0.5, 0.6) is 0 Å². The van der Waals surface area contributed by atoms with Crippen LogP contribution < -0.4 is 0 Å². The predicted molar refractivity (Wildman–Crippen MR) is 77.3 cm³/mol. The summed E-state index contributed by atoms with van der Waals surface area (Å²) in [5, 5.41) is 8.89. The SMILES string of the molecule is CC(C)(C)N(CCC(=O)O)S(=O)(=O)c1ccccc1Cl. The van der Waals surface area contributed by atoms with Crippen molar-refractivity contribution >= 4 is 27.6 Å². The van der Waals surface area contributed by atoms with Gasteiger partial charge < -0.3 is 5.11 Å². The highest BCUT2D eigenvalue weighted by Gasteiger charge is 2.35. The van der Waals surface area contributed by atoms with Gasteiger partial charge in [-0.05, 0) is 32.9 Å². The minimum absolute atomic E-state index is 0.0121. The van der Waals surface area contributed by atoms with Gasteiger partial charge in [0.15, 0.2) is 0 Å². The first-order chi connectivity index (χ1) is 9.06. The molecule has 1 N–H and O–H groups in total. The van der Waals surface area contributed by atoms with Crippen LogP contribution in [0.1, 0.15) is 27.2 Å². The lowest BCUT2D eigenvalue weighted by molar-refractivity contribution is -0.137. The summed E-state index contributed by atoms with van der Waals surface area (Å²) in [7, 11) is -3.85. The van der Waals surface area contributed by atoms with Crippen LogP contribution in [0.15, 0.2) is 29.2 Å². The molecular weight excluding hydrogens is 302 g/mol. The summed E-state index contributed by atoms with van der Waals surface area (Å²) in [6, 6.07) is 6.13. The van der Waals surface area contributed by atoms with Gasteiger partial charge in [-0.3, -0.25) is 4.79 Å². The van der Waals surface area contributed by atoms with Gasteiger partial charge in [0.1, 0.15) is 4.90 Å². The minimum atomic E-state index is -3.85. The number of sulfonamides is 1. The summed E-state index contributed by atoms with van der Waals surface area (Å²) in [4.78, 5) is 10.7. The molecule has 1 aromatic carbocycles. The van der Waals surface area contributed by atoms with Crippen LogP contribution in [-0.4, -0.2) is 35.9 Å². The molecule has 0 aliphatic rings. The number of hydrogen-bond acceptors (Lipinski definition) is 3. The number of rotatable bonds is 5. The standard InChI is InChI=1S/C13H18ClNO4S/c1-13(2,3)15(9-8-12(16)17)20(18,19)11-7-5-4-6-10(11)14/h4-7H,8-9H2,1-3H3,(H,16,17). The molecule has 0 radical (unpaired) electrons. The van der Waals surface area contributed by atoms with E-state index >= 15 is 0 Å². The lowest BCUT2D eigenvalue weighted by Crippen LogP contribution is -2.46. The number of aliphatic carboxylic acids is 1. The maximum atomic E-state index is 12.7. The van der Waals surface area contributed by atoms with Crippen molar-refractivity contribution in [3.05, 3.63) is 29.3 Å². The van der Waals surface area contributed by atoms with Crippen molar-refractivity contribution in [1.29, 1.82) is 0 Å². The average molecular weight is 320 g/mol. The maximum absolute atomic E-state index is 12.7. The quantitative estimate of drug-likeness (QED) is 0.905. The number of carbonyl (C=O) groups is 1. The van der Waals surface area contributed by atoms with E-state index in [4.69, 9.17) is 16.7 Å². The lowest BCUT2D eigenvalue weighted by atomic mass is 10.1. The van der Waals surface area contributed by atoms with E-state index in [1.54, 1.807) is 32.9 Å². The Morgan fingerprint density at radius 2 is 1.85 bits per heavy atom. The van der Waals surface area contributed by atoms with Crippen molar-refractivity contribution in [2.75, 3.05) is 6.54 Å². The Bertz CT molecular complexity index is 593. The molecule has 0 heterocycles. The van der Waals surface area contributed by atoms with Crippen LogP contribution in [0.4, 0.5) is 0 Å². The van der Waals surface area contributed by atoms with Gasteiger partial charge in [0.25, 0.3) is 0 Å². The summed E-state index contributed by atoms with van der Waals surface area (Å²) in [6.45, 7) is 5.03. The summed E-state index contributed by atoms with van der Waals surface area (Å²) >= 11 is 5.94. The Kier molecular flexibility index (Phi) is 5.18. The first kappa shape index (κ1) is 16.9. The van der Waals surface area contributed by atoms with Crippen molar-refractivity contribution < 1.29 is 18.3 Å². The molecule has 0 atom stereocenters. The first-order valence-electron chi connectivity index (χ1n) is 6.06. The second-order valence-electron chi connectivity index (χ2n) is 5.32. The van der Waals surface area contributed by atoms with Crippen LogP contribution >= 0.6 is 11.6 Å². The molecule has 0 bridgehead atoms. The third-order valence-corrected chi connectivity index (χ3v) is 5.35. The van der Waals surface area contributed by atoms with Crippen molar-refractivity contribution in [1.82, 2.24) is 4.31 Å². The third-order valence-electron chi connectivity index (χ3n) is 2.68. The van der Waals surface area contributed by atoms with Gasteiger partial charge in [-0.2, -0.15) is 4.31 Å². The highest BCUT2D eigenvalue weighted by atomic mass is 35.5. The number of nitrogens with zero attached hydrogens (tertiary/aromatic N) is 1. The summed E-state index contributed by atoms with van der Waals surface area (Å²) in [5.41, 5.74) is -0.743. The van der Waals surface area contributed by atoms with Gasteiger partial charge in [-0.25, -0.2) is 8.42 Å². The molecule has 112 valence electrons. The summed E-state index contributed by atoms with van der Waals surface area (Å²) in [6.07, 6.45) is -0.263. The molecule has 0 saturated heterocycles. The van der Waals surface area contributed by atoms with Gasteiger partial charge in [-0.1, -0.05) is 23.7 Å². The monoisotopic (exact) mass is 319 g/mol. The van der Waals surface area contributed by atoms with E-state index in [-0.39, 0.29) is 22.9 Å². The molecule has 0 fully saturated rings.